The Morgan fingerprint density at radius 2 is 1.96 bits per heavy atom. The Hall–Kier alpha value is -2.33. The Balaban J connectivity index is 2.34. The molecular weight excluding hydrogens is 352 g/mol. The summed E-state index contributed by atoms with van der Waals surface area (Å²) in [5.74, 6) is -0.158. The molecule has 0 bridgehead atoms. The lowest BCUT2D eigenvalue weighted by Gasteiger charge is -2.13. The van der Waals surface area contributed by atoms with Gasteiger partial charge in [-0.25, -0.2) is 5.26 Å². The highest BCUT2D eigenvalue weighted by atomic mass is 32.2. The largest absolute Gasteiger partial charge is 0.492 e. The molecule has 24 heavy (non-hydrogen) atoms. The molecule has 2 rings (SSSR count). The van der Waals surface area contributed by atoms with Gasteiger partial charge in [0.15, 0.2) is 5.75 Å². The van der Waals surface area contributed by atoms with E-state index in [2.05, 4.69) is 4.89 Å². The van der Waals surface area contributed by atoms with Crippen LogP contribution in [0, 0.1) is 29.6 Å². The third-order valence-corrected chi connectivity index (χ3v) is 5.65. The first-order chi connectivity index (χ1) is 11.5. The van der Waals surface area contributed by atoms with Crippen LogP contribution in [0.2, 0.25) is 0 Å². The van der Waals surface area contributed by atoms with Gasteiger partial charge in [-0.15, -0.1) is 0 Å². The minimum Gasteiger partial charge on any atom is -0.492 e. The van der Waals surface area contributed by atoms with Gasteiger partial charge in [-0.05, 0) is 19.4 Å². The fraction of sp³-hybridized carbons (Fsp3) is 0.267. The highest BCUT2D eigenvalue weighted by Gasteiger charge is 2.30. The minimum atomic E-state index is -0.896. The van der Waals surface area contributed by atoms with E-state index in [1.807, 2.05) is 12.1 Å². The average Bonchev–Trinajstić information content (AvgIpc) is 2.97. The number of carboxylic acids is 1. The van der Waals surface area contributed by atoms with Crippen molar-refractivity contribution in [2.45, 2.75) is 29.6 Å². The number of rotatable bonds is 6. The molecule has 0 unspecified atom stereocenters. The lowest BCUT2D eigenvalue weighted by Crippen LogP contribution is -2.03. The normalized spacial score (nSPS) is 12.1. The van der Waals surface area contributed by atoms with Crippen molar-refractivity contribution in [3.8, 4) is 23.6 Å². The molecule has 7 nitrogen and oxygen atoms in total. The van der Waals surface area contributed by atoms with E-state index in [-0.39, 0.29) is 24.4 Å². The summed E-state index contributed by atoms with van der Waals surface area (Å²) in [6.45, 7) is 1.93. The molecule has 0 atom stereocenters. The van der Waals surface area contributed by atoms with Gasteiger partial charge in [0.2, 0.25) is 0 Å². The highest BCUT2D eigenvalue weighted by molar-refractivity contribution is 8.24. The minimum absolute atomic E-state index is 0.000927. The third kappa shape index (κ3) is 3.77. The number of hydrogen-bond donors (Lipinski definition) is 2. The highest BCUT2D eigenvalue weighted by Crippen LogP contribution is 2.59. The van der Waals surface area contributed by atoms with Gasteiger partial charge in [-0.1, -0.05) is 23.5 Å². The number of ether oxygens (including phenoxy) is 1. The first kappa shape index (κ1) is 18.0. The van der Waals surface area contributed by atoms with Crippen LogP contribution >= 0.6 is 23.5 Å². The molecule has 0 radical (unpaired) electrons. The first-order valence-electron chi connectivity index (χ1n) is 6.75. The molecule has 9 heteroatoms. The summed E-state index contributed by atoms with van der Waals surface area (Å²) in [4.78, 5) is 16.2. The summed E-state index contributed by atoms with van der Waals surface area (Å²) in [6.07, 6.45) is 0.350. The zero-order valence-corrected chi connectivity index (χ0v) is 14.2. The molecule has 1 heterocycles. The van der Waals surface area contributed by atoms with Gasteiger partial charge in [-0.3, -0.25) is 4.79 Å². The smallest absolute Gasteiger partial charge is 0.303 e. The Bertz CT molecular complexity index is 777. The third-order valence-electron chi connectivity index (χ3n) is 3.04. The summed E-state index contributed by atoms with van der Waals surface area (Å²) in [5.41, 5.74) is 0.592. The van der Waals surface area contributed by atoms with E-state index in [9.17, 15) is 4.79 Å². The average molecular weight is 364 g/mol. The lowest BCUT2D eigenvalue weighted by atomic mass is 10.2. The molecule has 2 N–H and O–H groups in total. The topological polar surface area (TPSA) is 124 Å². The van der Waals surface area contributed by atoms with E-state index < -0.39 is 5.97 Å². The molecule has 0 spiro atoms. The van der Waals surface area contributed by atoms with Crippen LogP contribution in [0.5, 0.6) is 11.5 Å². The second-order valence-corrected chi connectivity index (χ2v) is 7.01. The number of allylic oxidation sites excluding steroid dienone is 1. The van der Waals surface area contributed by atoms with Crippen LogP contribution in [-0.2, 0) is 4.79 Å². The number of nitriles is 2. The first-order valence-corrected chi connectivity index (χ1v) is 8.38. The van der Waals surface area contributed by atoms with E-state index in [1.54, 1.807) is 13.0 Å². The fourth-order valence-corrected chi connectivity index (χ4v) is 4.52. The van der Waals surface area contributed by atoms with Crippen molar-refractivity contribution in [1.29, 1.82) is 10.5 Å². The maximum atomic E-state index is 10.5. The standard InChI is InChI=1S/C15H12N2O5S2/c1-8-5-10(21-4-2-3-11(18)19)13-14(12(8)22-20)24-15(23-13)9(6-16)7-17/h5,20H,2-4H2,1H3,(H,18,19). The zero-order valence-electron chi connectivity index (χ0n) is 12.5. The predicted molar refractivity (Wildman–Crippen MR) is 86.8 cm³/mol. The number of aliphatic carboxylic acids is 1. The second-order valence-electron chi connectivity index (χ2n) is 4.71. The van der Waals surface area contributed by atoms with Gasteiger partial charge in [0, 0.05) is 12.0 Å². The van der Waals surface area contributed by atoms with Crippen LogP contribution in [0.1, 0.15) is 18.4 Å². The molecule has 0 fully saturated rings. The summed E-state index contributed by atoms with van der Waals surface area (Å²) in [6, 6.07) is 5.33. The van der Waals surface area contributed by atoms with E-state index >= 15 is 0 Å². The Labute approximate surface area is 146 Å². The van der Waals surface area contributed by atoms with Gasteiger partial charge in [0.05, 0.1) is 20.6 Å². The van der Waals surface area contributed by atoms with E-state index in [0.717, 1.165) is 11.8 Å². The fourth-order valence-electron chi connectivity index (χ4n) is 1.96. The van der Waals surface area contributed by atoms with Crippen LogP contribution in [0.15, 0.2) is 25.7 Å². The van der Waals surface area contributed by atoms with Crippen LogP contribution in [0.4, 0.5) is 0 Å². The summed E-state index contributed by atoms with van der Waals surface area (Å²) in [5, 5.41) is 35.8. The number of nitrogens with zero attached hydrogens (tertiary/aromatic N) is 2. The maximum absolute atomic E-state index is 10.5. The summed E-state index contributed by atoms with van der Waals surface area (Å²) >= 11 is 2.34. The van der Waals surface area contributed by atoms with E-state index in [1.165, 1.54) is 11.8 Å². The predicted octanol–water partition coefficient (Wildman–Crippen LogP) is 3.55. The second kappa shape index (κ2) is 7.97. The molecule has 0 saturated heterocycles. The number of carboxylic acid groups (broad SMARTS) is 1. The number of benzene rings is 1. The van der Waals surface area contributed by atoms with Crippen molar-refractivity contribution in [2.24, 2.45) is 0 Å². The van der Waals surface area contributed by atoms with Crippen molar-refractivity contribution < 1.29 is 24.8 Å². The van der Waals surface area contributed by atoms with E-state index in [0.29, 0.717) is 31.8 Å². The van der Waals surface area contributed by atoms with Gasteiger partial charge < -0.3 is 14.7 Å². The zero-order chi connectivity index (χ0) is 17.7. The van der Waals surface area contributed by atoms with E-state index in [4.69, 9.17) is 25.6 Å². The Morgan fingerprint density at radius 3 is 2.54 bits per heavy atom. The number of carbonyl (C=O) groups is 1. The number of fused-ring (bicyclic) bond motifs is 1. The number of aryl methyl sites for hydroxylation is 1. The van der Waals surface area contributed by atoms with Crippen LogP contribution < -0.4 is 9.62 Å². The molecule has 1 aromatic rings. The molecule has 0 amide bonds. The molecule has 0 aromatic heterocycles. The van der Waals surface area contributed by atoms with Crippen molar-refractivity contribution >= 4 is 29.5 Å². The van der Waals surface area contributed by atoms with Crippen molar-refractivity contribution in [2.75, 3.05) is 6.61 Å². The molecule has 124 valence electrons. The quantitative estimate of drug-likeness (QED) is 0.337. The van der Waals surface area contributed by atoms with Crippen molar-refractivity contribution in [3.05, 3.63) is 21.4 Å². The molecule has 0 saturated carbocycles. The monoisotopic (exact) mass is 364 g/mol. The van der Waals surface area contributed by atoms with Crippen LogP contribution in [0.3, 0.4) is 0 Å². The molecule has 0 aliphatic carbocycles. The Morgan fingerprint density at radius 1 is 1.29 bits per heavy atom. The van der Waals surface area contributed by atoms with Gasteiger partial charge in [0.1, 0.15) is 23.5 Å². The molecule has 1 aliphatic heterocycles. The number of thioether (sulfide) groups is 2. The van der Waals surface area contributed by atoms with Gasteiger partial charge in [-0.2, -0.15) is 10.5 Å². The van der Waals surface area contributed by atoms with Crippen molar-refractivity contribution in [1.82, 2.24) is 0 Å². The molecular formula is C15H12N2O5S2. The lowest BCUT2D eigenvalue weighted by molar-refractivity contribution is -0.141. The maximum Gasteiger partial charge on any atom is 0.303 e. The molecule has 1 aromatic carbocycles. The SMILES string of the molecule is Cc1cc(OCCCC(=O)O)c2c(c1OO)SC(=C(C#N)C#N)S2. The van der Waals surface area contributed by atoms with Crippen LogP contribution in [0.25, 0.3) is 0 Å². The Kier molecular flexibility index (Phi) is 5.99. The molecule has 1 aliphatic rings. The summed E-state index contributed by atoms with van der Waals surface area (Å²) in [7, 11) is 0. The van der Waals surface area contributed by atoms with Crippen LogP contribution in [-0.4, -0.2) is 22.9 Å². The van der Waals surface area contributed by atoms with Crippen molar-refractivity contribution in [3.63, 3.8) is 0 Å². The summed E-state index contributed by atoms with van der Waals surface area (Å²) < 4.78 is 6.13. The number of hydrogen-bond acceptors (Lipinski definition) is 8. The van der Waals surface area contributed by atoms with Gasteiger partial charge >= 0.3 is 5.97 Å². The van der Waals surface area contributed by atoms with Gasteiger partial charge in [0.25, 0.3) is 0 Å².